The van der Waals surface area contributed by atoms with Crippen LogP contribution in [0.2, 0.25) is 5.02 Å². The van der Waals surface area contributed by atoms with Gasteiger partial charge in [0.05, 0.1) is 0 Å². The van der Waals surface area contributed by atoms with Crippen LogP contribution in [-0.2, 0) is 13.1 Å². The number of hydrogen-bond acceptors (Lipinski definition) is 2. The second-order valence-corrected chi connectivity index (χ2v) is 6.87. The van der Waals surface area contributed by atoms with Crippen LogP contribution in [0.5, 0.6) is 0 Å². The lowest BCUT2D eigenvalue weighted by atomic mass is 10.1. The summed E-state index contributed by atoms with van der Waals surface area (Å²) in [5, 5.41) is 0.802. The average molecular weight is 343 g/mol. The van der Waals surface area contributed by atoms with Crippen molar-refractivity contribution < 1.29 is 4.79 Å². The van der Waals surface area contributed by atoms with Gasteiger partial charge in [0, 0.05) is 36.8 Å². The first kappa shape index (κ1) is 17.0. The number of halogens is 1. The quantitative estimate of drug-likeness (QED) is 0.812. The Morgan fingerprint density at radius 1 is 1.04 bits per heavy atom. The molecule has 0 bridgehead atoms. The van der Waals surface area contributed by atoms with Gasteiger partial charge in [-0.2, -0.15) is 0 Å². The molecular formula is C20H23ClN2O. The molecule has 1 amide bonds. The lowest BCUT2D eigenvalue weighted by molar-refractivity contribution is 0.0793. The van der Waals surface area contributed by atoms with Crippen molar-refractivity contribution in [3.05, 3.63) is 70.2 Å². The van der Waals surface area contributed by atoms with Crippen molar-refractivity contribution in [2.75, 3.05) is 20.1 Å². The Morgan fingerprint density at radius 2 is 1.71 bits per heavy atom. The van der Waals surface area contributed by atoms with Crippen LogP contribution in [0, 0.1) is 0 Å². The second kappa shape index (κ2) is 7.82. The predicted molar refractivity (Wildman–Crippen MR) is 98.2 cm³/mol. The van der Waals surface area contributed by atoms with Gasteiger partial charge in [0.2, 0.25) is 0 Å². The number of rotatable bonds is 5. The van der Waals surface area contributed by atoms with Crippen molar-refractivity contribution in [1.82, 2.24) is 9.80 Å². The zero-order chi connectivity index (χ0) is 16.9. The fraction of sp³-hybridized carbons (Fsp3) is 0.350. The molecule has 3 rings (SSSR count). The Labute approximate surface area is 148 Å². The summed E-state index contributed by atoms with van der Waals surface area (Å²) in [7, 11) is 2.08. The zero-order valence-electron chi connectivity index (χ0n) is 14.0. The highest BCUT2D eigenvalue weighted by molar-refractivity contribution is 6.31. The third kappa shape index (κ3) is 4.16. The van der Waals surface area contributed by atoms with Crippen LogP contribution >= 0.6 is 11.6 Å². The van der Waals surface area contributed by atoms with Gasteiger partial charge < -0.3 is 4.90 Å². The van der Waals surface area contributed by atoms with Gasteiger partial charge in [-0.05, 0) is 49.2 Å². The Morgan fingerprint density at radius 3 is 2.38 bits per heavy atom. The highest BCUT2D eigenvalue weighted by Crippen LogP contribution is 2.18. The normalized spacial score (nSPS) is 14.4. The number of hydrogen-bond donors (Lipinski definition) is 0. The first-order chi connectivity index (χ1) is 11.6. The van der Waals surface area contributed by atoms with Crippen LogP contribution in [0.4, 0.5) is 0 Å². The summed E-state index contributed by atoms with van der Waals surface area (Å²) in [6, 6.07) is 15.9. The van der Waals surface area contributed by atoms with Crippen LogP contribution in [0.15, 0.2) is 48.5 Å². The van der Waals surface area contributed by atoms with Crippen LogP contribution < -0.4 is 0 Å². The summed E-state index contributed by atoms with van der Waals surface area (Å²) < 4.78 is 0. The van der Waals surface area contributed by atoms with Crippen molar-refractivity contribution in [2.24, 2.45) is 0 Å². The first-order valence-electron chi connectivity index (χ1n) is 8.43. The molecule has 0 aliphatic carbocycles. The van der Waals surface area contributed by atoms with Gasteiger partial charge in [0.25, 0.3) is 5.91 Å². The van der Waals surface area contributed by atoms with E-state index in [9.17, 15) is 4.79 Å². The van der Waals surface area contributed by atoms with Gasteiger partial charge in [-0.15, -0.1) is 0 Å². The molecular weight excluding hydrogens is 320 g/mol. The van der Waals surface area contributed by atoms with Crippen molar-refractivity contribution in [1.29, 1.82) is 0 Å². The smallest absolute Gasteiger partial charge is 0.253 e. The summed E-state index contributed by atoms with van der Waals surface area (Å²) in [5.74, 6) is 0.156. The highest BCUT2D eigenvalue weighted by Gasteiger charge is 2.19. The maximum absolute atomic E-state index is 12.4. The molecule has 0 atom stereocenters. The molecule has 1 heterocycles. The molecule has 0 saturated carbocycles. The van der Waals surface area contributed by atoms with E-state index in [1.807, 2.05) is 47.4 Å². The summed E-state index contributed by atoms with van der Waals surface area (Å²) in [6.07, 6.45) is 2.24. The van der Waals surface area contributed by atoms with E-state index in [1.54, 1.807) is 0 Å². The van der Waals surface area contributed by atoms with Crippen LogP contribution in [0.25, 0.3) is 0 Å². The van der Waals surface area contributed by atoms with Crippen LogP contribution in [0.1, 0.15) is 34.3 Å². The SMILES string of the molecule is CN(Cc1ccc(C(=O)N2CCCC2)cc1)Cc1ccccc1Cl. The molecule has 0 aromatic heterocycles. The standard InChI is InChI=1S/C20H23ClN2O/c1-22(15-18-6-2-3-7-19(18)21)14-16-8-10-17(11-9-16)20(24)23-12-4-5-13-23/h2-3,6-11H,4-5,12-15H2,1H3. The molecule has 126 valence electrons. The van der Waals surface area contributed by atoms with Gasteiger partial charge in [0.1, 0.15) is 0 Å². The van der Waals surface area contributed by atoms with E-state index in [4.69, 9.17) is 11.6 Å². The predicted octanol–water partition coefficient (Wildman–Crippen LogP) is 4.21. The van der Waals surface area contributed by atoms with E-state index in [-0.39, 0.29) is 5.91 Å². The monoisotopic (exact) mass is 342 g/mol. The number of likely N-dealkylation sites (tertiary alicyclic amines) is 1. The van der Waals surface area contributed by atoms with Gasteiger partial charge in [0.15, 0.2) is 0 Å². The van der Waals surface area contributed by atoms with Gasteiger partial charge in [-0.25, -0.2) is 0 Å². The lowest BCUT2D eigenvalue weighted by Crippen LogP contribution is -2.27. The van der Waals surface area contributed by atoms with Gasteiger partial charge in [-0.1, -0.05) is 41.9 Å². The van der Waals surface area contributed by atoms with E-state index < -0.39 is 0 Å². The molecule has 1 fully saturated rings. The molecule has 2 aromatic carbocycles. The van der Waals surface area contributed by atoms with Gasteiger partial charge >= 0.3 is 0 Å². The first-order valence-corrected chi connectivity index (χ1v) is 8.81. The van der Waals surface area contributed by atoms with Gasteiger partial charge in [-0.3, -0.25) is 9.69 Å². The number of carbonyl (C=O) groups excluding carboxylic acids is 1. The minimum Gasteiger partial charge on any atom is -0.339 e. The third-order valence-corrected chi connectivity index (χ3v) is 4.81. The summed E-state index contributed by atoms with van der Waals surface area (Å²) in [6.45, 7) is 3.40. The van der Waals surface area contributed by atoms with E-state index >= 15 is 0 Å². The molecule has 0 unspecified atom stereocenters. The number of benzene rings is 2. The minimum atomic E-state index is 0.156. The Bertz CT molecular complexity index is 693. The highest BCUT2D eigenvalue weighted by atomic mass is 35.5. The Kier molecular flexibility index (Phi) is 5.54. The summed E-state index contributed by atoms with van der Waals surface area (Å²) in [4.78, 5) is 16.5. The van der Waals surface area contributed by atoms with E-state index in [0.29, 0.717) is 0 Å². The fourth-order valence-electron chi connectivity index (χ4n) is 3.14. The average Bonchev–Trinajstić information content (AvgIpc) is 3.11. The maximum Gasteiger partial charge on any atom is 0.253 e. The minimum absolute atomic E-state index is 0.156. The van der Waals surface area contributed by atoms with Crippen molar-refractivity contribution in [3.63, 3.8) is 0 Å². The lowest BCUT2D eigenvalue weighted by Gasteiger charge is -2.18. The second-order valence-electron chi connectivity index (χ2n) is 6.46. The summed E-state index contributed by atoms with van der Waals surface area (Å²) in [5.41, 5.74) is 3.11. The summed E-state index contributed by atoms with van der Waals surface area (Å²) >= 11 is 6.22. The molecule has 1 aliphatic heterocycles. The number of nitrogens with zero attached hydrogens (tertiary/aromatic N) is 2. The fourth-order valence-corrected chi connectivity index (χ4v) is 3.34. The number of carbonyl (C=O) groups is 1. The van der Waals surface area contributed by atoms with Crippen molar-refractivity contribution in [3.8, 4) is 0 Å². The van der Waals surface area contributed by atoms with Crippen LogP contribution in [0.3, 0.4) is 0 Å². The zero-order valence-corrected chi connectivity index (χ0v) is 14.8. The van der Waals surface area contributed by atoms with Crippen molar-refractivity contribution >= 4 is 17.5 Å². The molecule has 0 N–H and O–H groups in total. The molecule has 1 saturated heterocycles. The van der Waals surface area contributed by atoms with E-state index in [0.717, 1.165) is 55.2 Å². The number of amides is 1. The van der Waals surface area contributed by atoms with E-state index in [2.05, 4.69) is 18.0 Å². The topological polar surface area (TPSA) is 23.6 Å². The molecule has 0 radical (unpaired) electrons. The largest absolute Gasteiger partial charge is 0.339 e. The Balaban J connectivity index is 1.59. The van der Waals surface area contributed by atoms with E-state index in [1.165, 1.54) is 5.56 Å². The third-order valence-electron chi connectivity index (χ3n) is 4.44. The molecule has 3 nitrogen and oxygen atoms in total. The molecule has 1 aliphatic rings. The molecule has 24 heavy (non-hydrogen) atoms. The van der Waals surface area contributed by atoms with Crippen molar-refractivity contribution in [2.45, 2.75) is 25.9 Å². The molecule has 2 aromatic rings. The van der Waals surface area contributed by atoms with Crippen LogP contribution in [-0.4, -0.2) is 35.8 Å². The molecule has 4 heteroatoms. The molecule has 0 spiro atoms. The Hall–Kier alpha value is -1.84. The maximum atomic E-state index is 12.4.